The van der Waals surface area contributed by atoms with Crippen LogP contribution in [0.25, 0.3) is 45.1 Å². The van der Waals surface area contributed by atoms with E-state index >= 15 is 0 Å². The Morgan fingerprint density at radius 3 is 1.72 bits per heavy atom. The number of hydrogen-bond acceptors (Lipinski definition) is 9. The lowest BCUT2D eigenvalue weighted by atomic mass is 10.1. The summed E-state index contributed by atoms with van der Waals surface area (Å²) in [5.41, 5.74) is 5.74. The summed E-state index contributed by atoms with van der Waals surface area (Å²) in [6.07, 6.45) is 4.26. The van der Waals surface area contributed by atoms with Gasteiger partial charge in [-0.2, -0.15) is 0 Å². The molecule has 14 heteroatoms. The van der Waals surface area contributed by atoms with E-state index in [1.54, 1.807) is 30.9 Å². The van der Waals surface area contributed by atoms with E-state index in [0.29, 0.717) is 39.6 Å². The number of nitrogens with one attached hydrogen (secondary N) is 1. The molecule has 7 rings (SSSR count). The Bertz CT molecular complexity index is 2390. The Hall–Kier alpha value is -5.63. The Morgan fingerprint density at radius 2 is 1.19 bits per heavy atom. The number of anilines is 2. The number of sulfone groups is 1. The highest BCUT2D eigenvalue weighted by Gasteiger charge is 2.21. The summed E-state index contributed by atoms with van der Waals surface area (Å²) in [5.74, 6) is 0.744. The number of para-hydroxylation sites is 1. The maximum absolute atomic E-state index is 13.4. The Morgan fingerprint density at radius 1 is 0.681 bits per heavy atom. The van der Waals surface area contributed by atoms with Crippen LogP contribution in [0.2, 0.25) is 0 Å². The van der Waals surface area contributed by atoms with E-state index in [4.69, 9.17) is 0 Å². The maximum Gasteiger partial charge on any atom is 0.195 e. The fraction of sp³-hybridized carbons (Fsp3) is 0.152. The minimum atomic E-state index is -3.57. The molecule has 238 valence electrons. The number of aryl methyl sites for hydroxylation is 4. The Labute approximate surface area is 269 Å². The van der Waals surface area contributed by atoms with Gasteiger partial charge in [0.2, 0.25) is 0 Å². The predicted molar refractivity (Wildman–Crippen MR) is 176 cm³/mol. The Balaban J connectivity index is 0.000000166. The van der Waals surface area contributed by atoms with Crippen LogP contribution in [-0.2, 0) is 23.9 Å². The van der Waals surface area contributed by atoms with Crippen LogP contribution in [0.15, 0.2) is 84.4 Å². The second-order valence-electron chi connectivity index (χ2n) is 11.0. The van der Waals surface area contributed by atoms with E-state index in [-0.39, 0.29) is 28.0 Å². The minimum absolute atomic E-state index is 0.128. The summed E-state index contributed by atoms with van der Waals surface area (Å²) in [6, 6.07) is 18.6. The SMILES string of the molecule is Cc1cc(F)ccc1-c1nc(Nc2ccccc2)c2ncn(C)c2n1.Cc1cc(F)ccc1-c1nc(S(C)(=O)=O)c2ncn(C)c2n1. The average Bonchev–Trinajstić information content (AvgIpc) is 3.59. The summed E-state index contributed by atoms with van der Waals surface area (Å²) in [7, 11) is 0.0342. The van der Waals surface area contributed by atoms with Crippen molar-refractivity contribution >= 4 is 43.7 Å². The first-order valence-electron chi connectivity index (χ1n) is 14.3. The van der Waals surface area contributed by atoms with Gasteiger partial charge in [-0.15, -0.1) is 0 Å². The second-order valence-corrected chi connectivity index (χ2v) is 12.9. The van der Waals surface area contributed by atoms with E-state index in [1.807, 2.05) is 48.9 Å². The zero-order valence-electron chi connectivity index (χ0n) is 26.1. The number of rotatable bonds is 5. The van der Waals surface area contributed by atoms with Crippen molar-refractivity contribution in [3.8, 4) is 22.8 Å². The maximum atomic E-state index is 13.4. The molecule has 0 bridgehead atoms. The van der Waals surface area contributed by atoms with Crippen LogP contribution in [0.3, 0.4) is 0 Å². The smallest absolute Gasteiger partial charge is 0.195 e. The molecule has 0 aliphatic carbocycles. The van der Waals surface area contributed by atoms with Gasteiger partial charge in [-0.25, -0.2) is 47.1 Å². The van der Waals surface area contributed by atoms with E-state index in [2.05, 4.69) is 35.2 Å². The number of aromatic nitrogens is 8. The van der Waals surface area contributed by atoms with Gasteiger partial charge in [-0.05, 0) is 73.5 Å². The van der Waals surface area contributed by atoms with Crippen molar-refractivity contribution in [1.29, 1.82) is 0 Å². The normalized spacial score (nSPS) is 11.5. The molecule has 0 saturated carbocycles. The third kappa shape index (κ3) is 6.40. The fourth-order valence-electron chi connectivity index (χ4n) is 4.99. The van der Waals surface area contributed by atoms with Crippen LogP contribution < -0.4 is 5.32 Å². The largest absolute Gasteiger partial charge is 0.338 e. The van der Waals surface area contributed by atoms with Crippen molar-refractivity contribution in [3.63, 3.8) is 0 Å². The first-order valence-corrected chi connectivity index (χ1v) is 16.2. The molecule has 0 amide bonds. The second kappa shape index (κ2) is 12.3. The average molecular weight is 654 g/mol. The highest BCUT2D eigenvalue weighted by molar-refractivity contribution is 7.90. The summed E-state index contributed by atoms with van der Waals surface area (Å²) in [5, 5.41) is 3.17. The molecule has 0 unspecified atom stereocenters. The lowest BCUT2D eigenvalue weighted by Crippen LogP contribution is -2.06. The monoisotopic (exact) mass is 653 g/mol. The third-order valence-corrected chi connectivity index (χ3v) is 8.32. The van der Waals surface area contributed by atoms with E-state index in [0.717, 1.165) is 23.1 Å². The van der Waals surface area contributed by atoms with Gasteiger partial charge in [-0.3, -0.25) is 0 Å². The van der Waals surface area contributed by atoms with Gasteiger partial charge in [0, 0.05) is 37.2 Å². The van der Waals surface area contributed by atoms with Crippen LogP contribution >= 0.6 is 0 Å². The molecule has 47 heavy (non-hydrogen) atoms. The van der Waals surface area contributed by atoms with Crippen molar-refractivity contribution in [3.05, 3.63) is 102 Å². The van der Waals surface area contributed by atoms with Crippen LogP contribution in [0, 0.1) is 25.5 Å². The van der Waals surface area contributed by atoms with Crippen LogP contribution in [0.1, 0.15) is 11.1 Å². The number of fused-ring (bicyclic) bond motifs is 2. The molecule has 7 aromatic rings. The first kappa shape index (κ1) is 31.4. The number of nitrogens with zero attached hydrogens (tertiary/aromatic N) is 8. The molecule has 1 N–H and O–H groups in total. The number of halogens is 2. The number of benzene rings is 3. The standard InChI is InChI=1S/C19H16FN5.C14H13FN4O2S/c1-12-10-13(20)8-9-15(12)17-23-18(22-14-6-4-3-5-7-14)16-19(24-17)25(2)11-21-16;1-8-6-9(15)4-5-10(8)12-17-13-11(16-7-19(13)2)14(18-12)22(3,20)21/h3-11H,1-2H3,(H,22,23,24);4-7H,1-3H3. The van der Waals surface area contributed by atoms with Crippen molar-refractivity contribution in [2.45, 2.75) is 18.9 Å². The van der Waals surface area contributed by atoms with Crippen molar-refractivity contribution in [2.24, 2.45) is 14.1 Å². The molecule has 0 aliphatic rings. The molecule has 4 aromatic heterocycles. The predicted octanol–water partition coefficient (Wildman–Crippen LogP) is 6.10. The van der Waals surface area contributed by atoms with Crippen molar-refractivity contribution in [1.82, 2.24) is 39.0 Å². The molecule has 0 fully saturated rings. The summed E-state index contributed by atoms with van der Waals surface area (Å²) < 4.78 is 54.1. The molecular formula is C33H29F2N9O2S. The highest BCUT2D eigenvalue weighted by atomic mass is 32.2. The van der Waals surface area contributed by atoms with E-state index in [1.165, 1.54) is 36.7 Å². The summed E-state index contributed by atoms with van der Waals surface area (Å²) in [4.78, 5) is 26.3. The lowest BCUT2D eigenvalue weighted by molar-refractivity contribution is 0.599. The Kier molecular flexibility index (Phi) is 8.20. The van der Waals surface area contributed by atoms with Crippen LogP contribution in [-0.4, -0.2) is 53.7 Å². The van der Waals surface area contributed by atoms with Crippen molar-refractivity contribution in [2.75, 3.05) is 11.6 Å². The van der Waals surface area contributed by atoms with Gasteiger partial charge >= 0.3 is 0 Å². The quantitative estimate of drug-likeness (QED) is 0.219. The molecule has 3 aromatic carbocycles. The topological polar surface area (TPSA) is 133 Å². The van der Waals surface area contributed by atoms with Gasteiger partial charge in [0.15, 0.2) is 49.1 Å². The molecule has 0 aliphatic heterocycles. The molecular weight excluding hydrogens is 624 g/mol. The molecule has 0 spiro atoms. The van der Waals surface area contributed by atoms with Gasteiger partial charge in [0.1, 0.15) is 17.2 Å². The molecule has 0 radical (unpaired) electrons. The first-order chi connectivity index (χ1) is 22.4. The third-order valence-electron chi connectivity index (χ3n) is 7.33. The van der Waals surface area contributed by atoms with Gasteiger partial charge in [0.05, 0.1) is 12.7 Å². The van der Waals surface area contributed by atoms with E-state index < -0.39 is 9.84 Å². The molecule has 11 nitrogen and oxygen atoms in total. The van der Waals surface area contributed by atoms with E-state index in [9.17, 15) is 17.2 Å². The van der Waals surface area contributed by atoms with Crippen LogP contribution in [0.5, 0.6) is 0 Å². The molecule has 4 heterocycles. The summed E-state index contributed by atoms with van der Waals surface area (Å²) in [6.45, 7) is 3.56. The highest BCUT2D eigenvalue weighted by Crippen LogP contribution is 2.29. The van der Waals surface area contributed by atoms with Crippen LogP contribution in [0.4, 0.5) is 20.3 Å². The number of hydrogen-bond donors (Lipinski definition) is 1. The minimum Gasteiger partial charge on any atom is -0.338 e. The van der Waals surface area contributed by atoms with Gasteiger partial charge < -0.3 is 14.5 Å². The summed E-state index contributed by atoms with van der Waals surface area (Å²) >= 11 is 0. The lowest BCUT2D eigenvalue weighted by Gasteiger charge is -2.10. The zero-order valence-corrected chi connectivity index (χ0v) is 26.9. The van der Waals surface area contributed by atoms with Crippen molar-refractivity contribution < 1.29 is 17.2 Å². The van der Waals surface area contributed by atoms with Gasteiger partial charge in [0.25, 0.3) is 0 Å². The molecule has 0 atom stereocenters. The molecule has 0 saturated heterocycles. The fourth-order valence-corrected chi connectivity index (χ4v) is 5.74. The zero-order chi connectivity index (χ0) is 33.5. The number of imidazole rings is 2. The van der Waals surface area contributed by atoms with Gasteiger partial charge in [-0.1, -0.05) is 18.2 Å².